The molecule has 0 atom stereocenters. The normalized spacial score (nSPS) is 0. The summed E-state index contributed by atoms with van der Waals surface area (Å²) < 4.78 is 0. The first-order chi connectivity index (χ1) is 0. The molecule has 0 aromatic rings. The van der Waals surface area contributed by atoms with E-state index in [2.05, 4.69) is 0 Å². The maximum Gasteiger partial charge on any atom is 3.00 e. The second kappa shape index (κ2) is 18.6. The molecular formula is BrCr2I+3. The molecular weight excluding hydrogens is 311 g/mol. The van der Waals surface area contributed by atoms with Gasteiger partial charge in [-0.3, -0.25) is 0 Å². The van der Waals surface area contributed by atoms with Gasteiger partial charge in [0.2, 0.25) is 0 Å². The van der Waals surface area contributed by atoms with Crippen molar-refractivity contribution in [2.24, 2.45) is 0 Å². The fraction of sp³-hybridized carbons (Fsp3) is 0. The fourth-order valence-corrected chi connectivity index (χ4v) is 0. The van der Waals surface area contributed by atoms with Crippen LogP contribution in [-0.4, -0.2) is 0 Å². The Morgan fingerprint density at radius 2 is 1.00 bits per heavy atom. The molecule has 4 heteroatoms. The molecule has 0 aliphatic heterocycles. The minimum atomic E-state index is 0. The zero-order chi connectivity index (χ0) is 0. The SMILES string of the molecule is [Br-].[Cr+2].[Cr+3].[I-]. The summed E-state index contributed by atoms with van der Waals surface area (Å²) in [5.41, 5.74) is 0. The van der Waals surface area contributed by atoms with E-state index < -0.39 is 0 Å². The quantitative estimate of drug-likeness (QED) is 0.391. The number of rotatable bonds is 0. The molecule has 4 heavy (non-hydrogen) atoms. The molecule has 0 rings (SSSR count). The predicted octanol–water partition coefficient (Wildman–Crippen LogP) is -6.00. The van der Waals surface area contributed by atoms with Crippen LogP contribution in [0, 0.1) is 0 Å². The van der Waals surface area contributed by atoms with Crippen molar-refractivity contribution < 1.29 is 75.7 Å². The summed E-state index contributed by atoms with van der Waals surface area (Å²) in [6, 6.07) is 0. The van der Waals surface area contributed by atoms with Crippen molar-refractivity contribution in [1.29, 1.82) is 0 Å². The molecule has 0 aliphatic carbocycles. The van der Waals surface area contributed by atoms with Gasteiger partial charge in [-0.2, -0.15) is 0 Å². The second-order valence-electron chi connectivity index (χ2n) is 0. The van der Waals surface area contributed by atoms with Crippen LogP contribution >= 0.6 is 0 Å². The van der Waals surface area contributed by atoms with Crippen LogP contribution in [0.3, 0.4) is 0 Å². The van der Waals surface area contributed by atoms with Crippen LogP contribution in [0.4, 0.5) is 0 Å². The largest absolute Gasteiger partial charge is 3.00 e. The molecule has 0 bridgehead atoms. The standard InChI is InChI=1S/BrH.2Cr.HI/h1H;;;1H/q;+2;+3;/p-2. The van der Waals surface area contributed by atoms with E-state index in [1.54, 1.807) is 0 Å². The topological polar surface area (TPSA) is 0 Å². The van der Waals surface area contributed by atoms with Crippen molar-refractivity contribution in [2.75, 3.05) is 0 Å². The van der Waals surface area contributed by atoms with Crippen LogP contribution in [0.2, 0.25) is 0 Å². The molecule has 0 aromatic carbocycles. The summed E-state index contributed by atoms with van der Waals surface area (Å²) in [4.78, 5) is 0. The van der Waals surface area contributed by atoms with Gasteiger partial charge in [0.05, 0.1) is 0 Å². The van der Waals surface area contributed by atoms with Gasteiger partial charge in [0.15, 0.2) is 0 Å². The molecule has 1 radical (unpaired) electrons. The van der Waals surface area contributed by atoms with E-state index in [0.29, 0.717) is 0 Å². The third-order valence-corrected chi connectivity index (χ3v) is 0. The van der Waals surface area contributed by atoms with Crippen molar-refractivity contribution in [2.45, 2.75) is 0 Å². The number of halogens is 2. The summed E-state index contributed by atoms with van der Waals surface area (Å²) in [5, 5.41) is 0. The molecule has 0 nitrogen and oxygen atoms in total. The zero-order valence-corrected chi connectivity index (χ0v) is 7.87. The summed E-state index contributed by atoms with van der Waals surface area (Å²) in [6.45, 7) is 0. The van der Waals surface area contributed by atoms with E-state index in [1.807, 2.05) is 0 Å². The van der Waals surface area contributed by atoms with Crippen LogP contribution in [0.5, 0.6) is 0 Å². The summed E-state index contributed by atoms with van der Waals surface area (Å²) in [6.07, 6.45) is 0. The summed E-state index contributed by atoms with van der Waals surface area (Å²) in [5.74, 6) is 0. The molecule has 0 aliphatic rings. The van der Waals surface area contributed by atoms with E-state index in [9.17, 15) is 0 Å². The molecule has 0 heterocycles. The van der Waals surface area contributed by atoms with Crippen molar-refractivity contribution >= 4 is 0 Å². The molecule has 0 aromatic heterocycles. The van der Waals surface area contributed by atoms with Crippen LogP contribution in [0.1, 0.15) is 0 Å². The van der Waals surface area contributed by atoms with E-state index in [1.165, 1.54) is 0 Å². The molecule has 0 N–H and O–H groups in total. The van der Waals surface area contributed by atoms with Crippen molar-refractivity contribution in [3.8, 4) is 0 Å². The molecule has 0 saturated heterocycles. The number of hydrogen-bond donors (Lipinski definition) is 0. The third kappa shape index (κ3) is 8.86. The van der Waals surface area contributed by atoms with E-state index in [0.717, 1.165) is 0 Å². The Morgan fingerprint density at radius 3 is 1.00 bits per heavy atom. The monoisotopic (exact) mass is 310 g/mol. The van der Waals surface area contributed by atoms with Gasteiger partial charge in [0, 0.05) is 0 Å². The maximum absolute atomic E-state index is 0. The summed E-state index contributed by atoms with van der Waals surface area (Å²) >= 11 is 0. The Hall–Kier alpha value is 2.27. The Balaban J connectivity index is 0. The smallest absolute Gasteiger partial charge is 1.00 e. The second-order valence-corrected chi connectivity index (χ2v) is 0. The fourth-order valence-electron chi connectivity index (χ4n) is 0. The Morgan fingerprint density at radius 1 is 1.00 bits per heavy atom. The first-order valence-electron chi connectivity index (χ1n) is 0. The zero-order valence-electron chi connectivity index (χ0n) is 1.57. The molecule has 0 amide bonds. The van der Waals surface area contributed by atoms with E-state index >= 15 is 0 Å². The van der Waals surface area contributed by atoms with Gasteiger partial charge < -0.3 is 41.0 Å². The Bertz CT molecular complexity index is 6.00. The van der Waals surface area contributed by atoms with Crippen molar-refractivity contribution in [3.63, 3.8) is 0 Å². The van der Waals surface area contributed by atoms with Crippen LogP contribution in [-0.2, 0) is 34.7 Å². The van der Waals surface area contributed by atoms with Crippen molar-refractivity contribution in [1.82, 2.24) is 0 Å². The maximum atomic E-state index is 0. The summed E-state index contributed by atoms with van der Waals surface area (Å²) in [7, 11) is 0. The van der Waals surface area contributed by atoms with Gasteiger partial charge in [-0.25, -0.2) is 0 Å². The number of hydrogen-bond acceptors (Lipinski definition) is 0. The average molecular weight is 311 g/mol. The van der Waals surface area contributed by atoms with Gasteiger partial charge in [-0.1, -0.05) is 0 Å². The average Bonchev–Trinajstić information content (AvgIpc) is 0. The molecule has 0 saturated carbocycles. The van der Waals surface area contributed by atoms with Crippen LogP contribution in [0.25, 0.3) is 0 Å². The van der Waals surface area contributed by atoms with E-state index in [4.69, 9.17) is 0 Å². The third-order valence-electron chi connectivity index (χ3n) is 0. The molecule has 0 fully saturated rings. The van der Waals surface area contributed by atoms with Crippen LogP contribution in [0.15, 0.2) is 0 Å². The van der Waals surface area contributed by atoms with Crippen LogP contribution < -0.4 is 41.0 Å². The van der Waals surface area contributed by atoms with Gasteiger partial charge in [0.25, 0.3) is 0 Å². The van der Waals surface area contributed by atoms with Crippen molar-refractivity contribution in [3.05, 3.63) is 0 Å². The minimum Gasteiger partial charge on any atom is -1.00 e. The van der Waals surface area contributed by atoms with E-state index in [-0.39, 0.29) is 75.7 Å². The van der Waals surface area contributed by atoms with Gasteiger partial charge in [0.1, 0.15) is 0 Å². The molecule has 0 unspecified atom stereocenters. The molecule has 23 valence electrons. The Kier molecular flexibility index (Phi) is 157. The van der Waals surface area contributed by atoms with Gasteiger partial charge in [-0.15, -0.1) is 0 Å². The predicted molar refractivity (Wildman–Crippen MR) is 0 cm³/mol. The first kappa shape index (κ1) is 33.7. The van der Waals surface area contributed by atoms with Gasteiger partial charge >= 0.3 is 34.7 Å². The first-order valence-corrected chi connectivity index (χ1v) is 0. The Labute approximate surface area is 74.8 Å². The molecule has 0 spiro atoms. The van der Waals surface area contributed by atoms with Gasteiger partial charge in [-0.05, 0) is 0 Å². The minimum absolute atomic E-state index is 0.